The molecule has 1 aliphatic heterocycles. The Kier molecular flexibility index (Phi) is 5.05. The summed E-state index contributed by atoms with van der Waals surface area (Å²) in [5, 5.41) is 3.35. The third-order valence-electron chi connectivity index (χ3n) is 3.64. The van der Waals surface area contributed by atoms with E-state index in [-0.39, 0.29) is 0 Å². The SMILES string of the molecule is CCCNCc1coc(N2CCCC(CC)C2)n1. The van der Waals surface area contributed by atoms with E-state index in [0.717, 1.165) is 50.2 Å². The summed E-state index contributed by atoms with van der Waals surface area (Å²) in [4.78, 5) is 6.86. The highest BCUT2D eigenvalue weighted by Crippen LogP contribution is 2.24. The average molecular weight is 251 g/mol. The number of hydrogen-bond donors (Lipinski definition) is 1. The van der Waals surface area contributed by atoms with Crippen LogP contribution in [0.15, 0.2) is 10.7 Å². The van der Waals surface area contributed by atoms with Crippen molar-refractivity contribution >= 4 is 6.01 Å². The van der Waals surface area contributed by atoms with Gasteiger partial charge in [0.2, 0.25) is 0 Å². The lowest BCUT2D eigenvalue weighted by Gasteiger charge is -2.30. The summed E-state index contributed by atoms with van der Waals surface area (Å²) in [6.45, 7) is 8.45. The highest BCUT2D eigenvalue weighted by atomic mass is 16.4. The molecule has 0 saturated carbocycles. The molecular weight excluding hydrogens is 226 g/mol. The van der Waals surface area contributed by atoms with Crippen LogP contribution in [-0.4, -0.2) is 24.6 Å². The minimum Gasteiger partial charge on any atom is -0.432 e. The molecule has 4 heteroatoms. The molecule has 1 aromatic heterocycles. The second kappa shape index (κ2) is 6.78. The fourth-order valence-corrected chi connectivity index (χ4v) is 2.49. The third kappa shape index (κ3) is 3.48. The van der Waals surface area contributed by atoms with E-state index in [9.17, 15) is 0 Å². The minimum absolute atomic E-state index is 0.798. The standard InChI is InChI=1S/C14H25N3O/c1-3-7-15-9-13-11-18-14(16-13)17-8-5-6-12(4-2)10-17/h11-12,15H,3-10H2,1-2H3. The van der Waals surface area contributed by atoms with Crippen LogP contribution in [0.4, 0.5) is 6.01 Å². The molecule has 1 aromatic rings. The molecule has 18 heavy (non-hydrogen) atoms. The molecule has 1 fully saturated rings. The van der Waals surface area contributed by atoms with Gasteiger partial charge in [-0.1, -0.05) is 20.3 Å². The lowest BCUT2D eigenvalue weighted by molar-refractivity contribution is 0.384. The van der Waals surface area contributed by atoms with Gasteiger partial charge in [-0.15, -0.1) is 0 Å². The van der Waals surface area contributed by atoms with Crippen LogP contribution in [0.1, 0.15) is 45.2 Å². The van der Waals surface area contributed by atoms with Crippen LogP contribution in [0.25, 0.3) is 0 Å². The molecule has 2 heterocycles. The smallest absolute Gasteiger partial charge is 0.297 e. The maximum Gasteiger partial charge on any atom is 0.297 e. The fourth-order valence-electron chi connectivity index (χ4n) is 2.49. The van der Waals surface area contributed by atoms with Crippen molar-refractivity contribution in [3.63, 3.8) is 0 Å². The first-order valence-electron chi connectivity index (χ1n) is 7.23. The normalized spacial score (nSPS) is 20.3. The summed E-state index contributed by atoms with van der Waals surface area (Å²) >= 11 is 0. The number of nitrogens with zero attached hydrogens (tertiary/aromatic N) is 2. The van der Waals surface area contributed by atoms with Gasteiger partial charge in [0.15, 0.2) is 0 Å². The zero-order valence-corrected chi connectivity index (χ0v) is 11.6. The Hall–Kier alpha value is -1.03. The van der Waals surface area contributed by atoms with E-state index in [1.807, 2.05) is 0 Å². The first-order chi connectivity index (χ1) is 8.83. The molecule has 1 atom stereocenters. The summed E-state index contributed by atoms with van der Waals surface area (Å²) in [5.41, 5.74) is 1.01. The van der Waals surface area contributed by atoms with Gasteiger partial charge in [-0.25, -0.2) is 0 Å². The van der Waals surface area contributed by atoms with Crippen LogP contribution >= 0.6 is 0 Å². The van der Waals surface area contributed by atoms with Gasteiger partial charge >= 0.3 is 0 Å². The molecule has 0 aromatic carbocycles. The topological polar surface area (TPSA) is 41.3 Å². The zero-order chi connectivity index (χ0) is 12.8. The second-order valence-corrected chi connectivity index (χ2v) is 5.16. The number of nitrogens with one attached hydrogen (secondary N) is 1. The number of piperidine rings is 1. The van der Waals surface area contributed by atoms with Crippen LogP contribution in [0, 0.1) is 5.92 Å². The molecule has 0 spiro atoms. The molecule has 0 aliphatic carbocycles. The van der Waals surface area contributed by atoms with Gasteiger partial charge in [0, 0.05) is 19.6 Å². The Labute approximate surface area is 110 Å². The summed E-state index contributed by atoms with van der Waals surface area (Å²) in [6.07, 6.45) is 6.79. The van der Waals surface area contributed by atoms with Gasteiger partial charge < -0.3 is 14.6 Å². The number of anilines is 1. The Morgan fingerprint density at radius 2 is 2.39 bits per heavy atom. The van der Waals surface area contributed by atoms with E-state index < -0.39 is 0 Å². The lowest BCUT2D eigenvalue weighted by Crippen LogP contribution is -2.35. The van der Waals surface area contributed by atoms with E-state index in [4.69, 9.17) is 4.42 Å². The Bertz CT molecular complexity index is 351. The molecular formula is C14H25N3O. The van der Waals surface area contributed by atoms with E-state index in [2.05, 4.69) is 29.0 Å². The summed E-state index contributed by atoms with van der Waals surface area (Å²) < 4.78 is 5.60. The van der Waals surface area contributed by atoms with E-state index in [1.54, 1.807) is 6.26 Å². The van der Waals surface area contributed by atoms with Crippen LogP contribution in [-0.2, 0) is 6.54 Å². The fraction of sp³-hybridized carbons (Fsp3) is 0.786. The average Bonchev–Trinajstić information content (AvgIpc) is 2.88. The van der Waals surface area contributed by atoms with Crippen molar-refractivity contribution in [1.29, 1.82) is 0 Å². The molecule has 1 unspecified atom stereocenters. The van der Waals surface area contributed by atoms with Crippen molar-refractivity contribution in [1.82, 2.24) is 10.3 Å². The monoisotopic (exact) mass is 251 g/mol. The van der Waals surface area contributed by atoms with Crippen LogP contribution in [0.5, 0.6) is 0 Å². The summed E-state index contributed by atoms with van der Waals surface area (Å²) in [7, 11) is 0. The van der Waals surface area contributed by atoms with Crippen LogP contribution in [0.2, 0.25) is 0 Å². The molecule has 0 bridgehead atoms. The molecule has 4 nitrogen and oxygen atoms in total. The van der Waals surface area contributed by atoms with E-state index >= 15 is 0 Å². The molecule has 1 saturated heterocycles. The van der Waals surface area contributed by atoms with Crippen molar-refractivity contribution in [2.24, 2.45) is 5.92 Å². The Balaban J connectivity index is 1.88. The van der Waals surface area contributed by atoms with Gasteiger partial charge in [0.05, 0.1) is 5.69 Å². The molecule has 2 rings (SSSR count). The zero-order valence-electron chi connectivity index (χ0n) is 11.6. The van der Waals surface area contributed by atoms with E-state index in [0.29, 0.717) is 0 Å². The molecule has 0 radical (unpaired) electrons. The number of aromatic nitrogens is 1. The van der Waals surface area contributed by atoms with Gasteiger partial charge in [-0.2, -0.15) is 4.98 Å². The maximum atomic E-state index is 5.60. The van der Waals surface area contributed by atoms with Gasteiger partial charge in [0.25, 0.3) is 6.01 Å². The predicted molar refractivity (Wildman–Crippen MR) is 73.7 cm³/mol. The first-order valence-corrected chi connectivity index (χ1v) is 7.23. The molecule has 0 amide bonds. The van der Waals surface area contributed by atoms with Crippen LogP contribution < -0.4 is 10.2 Å². The highest BCUT2D eigenvalue weighted by Gasteiger charge is 2.21. The molecule has 1 N–H and O–H groups in total. The van der Waals surface area contributed by atoms with Crippen molar-refractivity contribution in [2.75, 3.05) is 24.5 Å². The summed E-state index contributed by atoms with van der Waals surface area (Å²) in [5.74, 6) is 0.798. The number of hydrogen-bond acceptors (Lipinski definition) is 4. The first kappa shape index (κ1) is 13.4. The summed E-state index contributed by atoms with van der Waals surface area (Å²) in [6, 6.07) is 0.807. The van der Waals surface area contributed by atoms with Crippen molar-refractivity contribution < 1.29 is 4.42 Å². The van der Waals surface area contributed by atoms with Gasteiger partial charge in [-0.3, -0.25) is 0 Å². The minimum atomic E-state index is 0.798. The van der Waals surface area contributed by atoms with E-state index in [1.165, 1.54) is 19.3 Å². The number of oxazole rings is 1. The number of rotatable bonds is 6. The van der Waals surface area contributed by atoms with Crippen LogP contribution in [0.3, 0.4) is 0 Å². The second-order valence-electron chi connectivity index (χ2n) is 5.16. The van der Waals surface area contributed by atoms with Crippen molar-refractivity contribution in [2.45, 2.75) is 46.1 Å². The van der Waals surface area contributed by atoms with Gasteiger partial charge in [0.1, 0.15) is 6.26 Å². The maximum absolute atomic E-state index is 5.60. The lowest BCUT2D eigenvalue weighted by atomic mass is 9.96. The Morgan fingerprint density at radius 1 is 1.50 bits per heavy atom. The van der Waals surface area contributed by atoms with Crippen molar-refractivity contribution in [3.05, 3.63) is 12.0 Å². The Morgan fingerprint density at radius 3 is 3.17 bits per heavy atom. The van der Waals surface area contributed by atoms with Gasteiger partial charge in [-0.05, 0) is 31.7 Å². The third-order valence-corrected chi connectivity index (χ3v) is 3.64. The largest absolute Gasteiger partial charge is 0.432 e. The molecule has 1 aliphatic rings. The highest BCUT2D eigenvalue weighted by molar-refractivity contribution is 5.27. The molecule has 102 valence electrons. The predicted octanol–water partition coefficient (Wildman–Crippen LogP) is 2.80. The van der Waals surface area contributed by atoms with Crippen molar-refractivity contribution in [3.8, 4) is 0 Å². The quantitative estimate of drug-likeness (QED) is 0.789.